The monoisotopic (exact) mass is 423 g/mol. The van der Waals surface area contributed by atoms with Gasteiger partial charge in [-0.05, 0) is 35.7 Å². The Balaban J connectivity index is 1.56. The maximum atomic E-state index is 14.3. The number of carbonyl (C=O) groups is 1. The Morgan fingerprint density at radius 3 is 2.17 bits per heavy atom. The molecule has 1 heterocycles. The Hall–Kier alpha value is -2.66. The lowest BCUT2D eigenvalue weighted by molar-refractivity contribution is -0.131. The second-order valence-corrected chi connectivity index (χ2v) is 8.70. The fraction of sp³-hybridized carbons (Fsp3) is 0.240. The van der Waals surface area contributed by atoms with E-state index < -0.39 is 5.82 Å². The molecule has 0 spiro atoms. The van der Waals surface area contributed by atoms with E-state index in [1.54, 1.807) is 11.8 Å². The molecule has 154 valence electrons. The molecule has 1 unspecified atom stereocenters. The van der Waals surface area contributed by atoms with Crippen LogP contribution < -0.4 is 0 Å². The molecule has 3 aromatic carbocycles. The summed E-state index contributed by atoms with van der Waals surface area (Å²) in [5, 5.41) is -0.162. The van der Waals surface area contributed by atoms with E-state index in [1.165, 1.54) is 12.1 Å². The van der Waals surface area contributed by atoms with E-state index in [0.29, 0.717) is 30.8 Å². The molecule has 4 rings (SSSR count). The number of halogens is 2. The van der Waals surface area contributed by atoms with E-state index in [4.69, 9.17) is 0 Å². The third-order valence-corrected chi connectivity index (χ3v) is 6.78. The number of rotatable bonds is 4. The molecule has 0 N–H and O–H groups in total. The summed E-state index contributed by atoms with van der Waals surface area (Å²) in [5.41, 5.74) is 2.30. The normalized spacial score (nSPS) is 17.0. The molecule has 1 aliphatic rings. The first-order valence-electron chi connectivity index (χ1n) is 10.1. The van der Waals surface area contributed by atoms with Crippen LogP contribution in [0.15, 0.2) is 78.9 Å². The Morgan fingerprint density at radius 2 is 1.53 bits per heavy atom. The summed E-state index contributed by atoms with van der Waals surface area (Å²) in [6.45, 7) is 1.11. The van der Waals surface area contributed by atoms with Gasteiger partial charge < -0.3 is 4.90 Å². The molecule has 0 saturated carbocycles. The fourth-order valence-corrected chi connectivity index (χ4v) is 5.19. The molecule has 1 aliphatic heterocycles. The molecule has 0 radical (unpaired) electrons. The van der Waals surface area contributed by atoms with Gasteiger partial charge in [0.2, 0.25) is 5.91 Å². The van der Waals surface area contributed by atoms with Gasteiger partial charge in [0, 0.05) is 29.7 Å². The Kier molecular flexibility index (Phi) is 6.48. The highest BCUT2D eigenvalue weighted by atomic mass is 32.2. The summed E-state index contributed by atoms with van der Waals surface area (Å²) in [6.07, 6.45) is 0.590. The van der Waals surface area contributed by atoms with Crippen LogP contribution >= 0.6 is 11.8 Å². The van der Waals surface area contributed by atoms with Crippen molar-refractivity contribution in [2.24, 2.45) is 0 Å². The minimum atomic E-state index is -0.433. The highest BCUT2D eigenvalue weighted by Gasteiger charge is 2.30. The number of nitrogens with zero attached hydrogens (tertiary/aromatic N) is 1. The predicted octanol–water partition coefficient (Wildman–Crippen LogP) is 5.80. The largest absolute Gasteiger partial charge is 0.341 e. The van der Waals surface area contributed by atoms with Gasteiger partial charge >= 0.3 is 0 Å². The Labute approximate surface area is 179 Å². The number of amides is 1. The Bertz CT molecular complexity index is 957. The summed E-state index contributed by atoms with van der Waals surface area (Å²) in [6, 6.07) is 23.2. The quantitative estimate of drug-likeness (QED) is 0.528. The molecule has 1 atom stereocenters. The minimum absolute atomic E-state index is 0.0494. The van der Waals surface area contributed by atoms with Crippen molar-refractivity contribution in [3.63, 3.8) is 0 Å². The van der Waals surface area contributed by atoms with Crippen LogP contribution in [-0.2, 0) is 4.79 Å². The molecule has 30 heavy (non-hydrogen) atoms. The van der Waals surface area contributed by atoms with Gasteiger partial charge in [0.05, 0.1) is 5.92 Å². The molecule has 3 aromatic rings. The van der Waals surface area contributed by atoms with Crippen molar-refractivity contribution < 1.29 is 13.6 Å². The maximum Gasteiger partial charge on any atom is 0.234 e. The summed E-state index contributed by atoms with van der Waals surface area (Å²) < 4.78 is 27.9. The first kappa shape index (κ1) is 20.6. The zero-order chi connectivity index (χ0) is 20.9. The zero-order valence-electron chi connectivity index (χ0n) is 16.5. The van der Waals surface area contributed by atoms with Crippen LogP contribution in [0, 0.1) is 11.6 Å². The van der Waals surface area contributed by atoms with Crippen molar-refractivity contribution in [2.45, 2.75) is 17.6 Å². The van der Waals surface area contributed by atoms with Crippen LogP contribution in [0.3, 0.4) is 0 Å². The van der Waals surface area contributed by atoms with Gasteiger partial charge in [0.1, 0.15) is 11.6 Å². The topological polar surface area (TPSA) is 20.3 Å². The molecule has 5 heteroatoms. The van der Waals surface area contributed by atoms with Crippen LogP contribution in [0.2, 0.25) is 0 Å². The van der Waals surface area contributed by atoms with Crippen molar-refractivity contribution in [3.8, 4) is 0 Å². The first-order valence-corrected chi connectivity index (χ1v) is 11.1. The van der Waals surface area contributed by atoms with E-state index in [0.717, 1.165) is 17.2 Å². The van der Waals surface area contributed by atoms with E-state index in [9.17, 15) is 13.6 Å². The van der Waals surface area contributed by atoms with E-state index >= 15 is 0 Å². The molecule has 0 aliphatic carbocycles. The summed E-state index contributed by atoms with van der Waals surface area (Å²) >= 11 is 1.58. The second kappa shape index (κ2) is 9.43. The van der Waals surface area contributed by atoms with Crippen LogP contribution in [0.4, 0.5) is 8.78 Å². The fourth-order valence-electron chi connectivity index (χ4n) is 3.95. The molecular weight excluding hydrogens is 400 g/mol. The standard InChI is InChI=1S/C25H23F2NOS/c26-20-11-12-22(27)21(17-20)23-13-14-28(15-16-30-23)25(29)24(18-7-3-1-4-8-18)19-9-5-2-6-10-19/h1-12,17,23-24H,13-16H2. The van der Waals surface area contributed by atoms with Crippen molar-refractivity contribution in [3.05, 3.63) is 107 Å². The summed E-state index contributed by atoms with van der Waals surface area (Å²) in [7, 11) is 0. The minimum Gasteiger partial charge on any atom is -0.341 e. The van der Waals surface area contributed by atoms with Gasteiger partial charge in [-0.15, -0.1) is 0 Å². The molecule has 0 aromatic heterocycles. The van der Waals surface area contributed by atoms with Crippen molar-refractivity contribution in [1.29, 1.82) is 0 Å². The van der Waals surface area contributed by atoms with Crippen LogP contribution in [0.1, 0.15) is 34.3 Å². The summed E-state index contributed by atoms with van der Waals surface area (Å²) in [5.74, 6) is -0.464. The first-order chi connectivity index (χ1) is 14.6. The molecule has 1 amide bonds. The maximum absolute atomic E-state index is 14.3. The van der Waals surface area contributed by atoms with Crippen molar-refractivity contribution >= 4 is 17.7 Å². The Morgan fingerprint density at radius 1 is 0.900 bits per heavy atom. The number of hydrogen-bond donors (Lipinski definition) is 0. The molecule has 0 bridgehead atoms. The average Bonchev–Trinajstić information content (AvgIpc) is 3.03. The number of hydrogen-bond acceptors (Lipinski definition) is 2. The molecule has 2 nitrogen and oxygen atoms in total. The lowest BCUT2D eigenvalue weighted by Crippen LogP contribution is -2.37. The van der Waals surface area contributed by atoms with Gasteiger partial charge in [-0.25, -0.2) is 8.78 Å². The van der Waals surface area contributed by atoms with Gasteiger partial charge in [0.25, 0.3) is 0 Å². The number of carbonyl (C=O) groups excluding carboxylic acids is 1. The van der Waals surface area contributed by atoms with E-state index in [1.807, 2.05) is 65.6 Å². The van der Waals surface area contributed by atoms with Gasteiger partial charge in [-0.3, -0.25) is 4.79 Å². The van der Waals surface area contributed by atoms with Crippen molar-refractivity contribution in [2.75, 3.05) is 18.8 Å². The summed E-state index contributed by atoms with van der Waals surface area (Å²) in [4.78, 5) is 15.5. The van der Waals surface area contributed by atoms with Crippen LogP contribution in [0.25, 0.3) is 0 Å². The van der Waals surface area contributed by atoms with E-state index in [-0.39, 0.29) is 22.9 Å². The highest BCUT2D eigenvalue weighted by Crippen LogP contribution is 2.37. The van der Waals surface area contributed by atoms with Crippen LogP contribution in [-0.4, -0.2) is 29.6 Å². The second-order valence-electron chi connectivity index (χ2n) is 7.39. The average molecular weight is 424 g/mol. The lowest BCUT2D eigenvalue weighted by Gasteiger charge is -2.27. The molecule has 1 saturated heterocycles. The smallest absolute Gasteiger partial charge is 0.234 e. The van der Waals surface area contributed by atoms with Gasteiger partial charge in [0.15, 0.2) is 0 Å². The third kappa shape index (κ3) is 4.57. The van der Waals surface area contributed by atoms with Gasteiger partial charge in [-0.2, -0.15) is 11.8 Å². The predicted molar refractivity (Wildman–Crippen MR) is 117 cm³/mol. The zero-order valence-corrected chi connectivity index (χ0v) is 17.3. The number of thioether (sulfide) groups is 1. The van der Waals surface area contributed by atoms with Crippen molar-refractivity contribution in [1.82, 2.24) is 4.90 Å². The molecular formula is C25H23F2NOS. The lowest BCUT2D eigenvalue weighted by atomic mass is 9.90. The SMILES string of the molecule is O=C(C(c1ccccc1)c1ccccc1)N1CCSC(c2cc(F)ccc2F)CC1. The van der Waals surface area contributed by atoms with E-state index in [2.05, 4.69) is 0 Å². The molecule has 1 fully saturated rings. The highest BCUT2D eigenvalue weighted by molar-refractivity contribution is 7.99. The van der Waals surface area contributed by atoms with Gasteiger partial charge in [-0.1, -0.05) is 60.7 Å². The number of benzene rings is 3. The van der Waals surface area contributed by atoms with Crippen LogP contribution in [0.5, 0.6) is 0 Å². The third-order valence-electron chi connectivity index (χ3n) is 5.47.